The van der Waals surface area contributed by atoms with Crippen molar-refractivity contribution in [1.82, 2.24) is 20.4 Å². The van der Waals surface area contributed by atoms with Gasteiger partial charge in [0.25, 0.3) is 0 Å². The zero-order valence-electron chi connectivity index (χ0n) is 10.5. The first-order valence-corrected chi connectivity index (χ1v) is 5.98. The van der Waals surface area contributed by atoms with E-state index in [4.69, 9.17) is 0 Å². The van der Waals surface area contributed by atoms with E-state index in [2.05, 4.69) is 34.3 Å². The van der Waals surface area contributed by atoms with Crippen LogP contribution in [-0.2, 0) is 6.54 Å². The van der Waals surface area contributed by atoms with Crippen molar-refractivity contribution in [2.45, 2.75) is 26.4 Å². The average Bonchev–Trinajstić information content (AvgIpc) is 2.31. The predicted molar refractivity (Wildman–Crippen MR) is 71.2 cm³/mol. The minimum Gasteiger partial charge on any atom is -0.314 e. The summed E-state index contributed by atoms with van der Waals surface area (Å²) in [7, 11) is 0. The molecule has 1 aliphatic heterocycles. The van der Waals surface area contributed by atoms with Gasteiger partial charge in [0.1, 0.15) is 0 Å². The first kappa shape index (κ1) is 14.4. The van der Waals surface area contributed by atoms with E-state index in [1.54, 1.807) is 6.20 Å². The van der Waals surface area contributed by atoms with Gasteiger partial charge in [0.05, 0.1) is 5.69 Å². The first-order chi connectivity index (χ1) is 7.77. The molecule has 2 rings (SSSR count). The van der Waals surface area contributed by atoms with Crippen molar-refractivity contribution >= 4 is 12.4 Å². The molecule has 1 aliphatic rings. The molecule has 1 aromatic heterocycles. The molecule has 0 aromatic carbocycles. The number of halogens is 1. The van der Waals surface area contributed by atoms with Gasteiger partial charge < -0.3 is 5.32 Å². The van der Waals surface area contributed by atoms with Gasteiger partial charge in [-0.25, -0.2) is 0 Å². The summed E-state index contributed by atoms with van der Waals surface area (Å²) in [6.45, 7) is 8.72. The molecule has 1 N–H and O–H groups in total. The van der Waals surface area contributed by atoms with Gasteiger partial charge in [-0.05, 0) is 18.1 Å². The van der Waals surface area contributed by atoms with Gasteiger partial charge in [0.15, 0.2) is 0 Å². The molecule has 1 unspecified atom stereocenters. The summed E-state index contributed by atoms with van der Waals surface area (Å²) in [6.07, 6.45) is 1.72. The van der Waals surface area contributed by atoms with Gasteiger partial charge in [-0.3, -0.25) is 4.90 Å². The number of hydrogen-bond acceptors (Lipinski definition) is 4. The molecule has 5 heteroatoms. The fourth-order valence-electron chi connectivity index (χ4n) is 2.25. The summed E-state index contributed by atoms with van der Waals surface area (Å²) in [5.74, 6) is 0.671. The Morgan fingerprint density at radius 1 is 1.53 bits per heavy atom. The highest BCUT2D eigenvalue weighted by Gasteiger charge is 2.24. The first-order valence-electron chi connectivity index (χ1n) is 5.98. The topological polar surface area (TPSA) is 41.0 Å². The summed E-state index contributed by atoms with van der Waals surface area (Å²) >= 11 is 0. The highest BCUT2D eigenvalue weighted by molar-refractivity contribution is 5.85. The molecule has 1 atom stereocenters. The third-order valence-corrected chi connectivity index (χ3v) is 3.16. The molecule has 2 heterocycles. The molecule has 1 fully saturated rings. The lowest BCUT2D eigenvalue weighted by atomic mass is 10.0. The van der Waals surface area contributed by atoms with Crippen molar-refractivity contribution in [3.05, 3.63) is 24.0 Å². The molecule has 96 valence electrons. The minimum absolute atomic E-state index is 0. The van der Waals surface area contributed by atoms with Crippen LogP contribution in [0.3, 0.4) is 0 Å². The molecule has 0 amide bonds. The summed E-state index contributed by atoms with van der Waals surface area (Å²) < 4.78 is 0. The van der Waals surface area contributed by atoms with Crippen molar-refractivity contribution in [3.63, 3.8) is 0 Å². The number of hydrogen-bond donors (Lipinski definition) is 1. The summed E-state index contributed by atoms with van der Waals surface area (Å²) in [6, 6.07) is 4.61. The van der Waals surface area contributed by atoms with E-state index in [0.717, 1.165) is 31.9 Å². The van der Waals surface area contributed by atoms with E-state index in [9.17, 15) is 0 Å². The van der Waals surface area contributed by atoms with E-state index < -0.39 is 0 Å². The Hall–Kier alpha value is -0.710. The zero-order chi connectivity index (χ0) is 11.4. The quantitative estimate of drug-likeness (QED) is 0.886. The van der Waals surface area contributed by atoms with Gasteiger partial charge in [0, 0.05) is 38.4 Å². The smallest absolute Gasteiger partial charge is 0.0771 e. The highest BCUT2D eigenvalue weighted by Crippen LogP contribution is 2.15. The van der Waals surface area contributed by atoms with Crippen LogP contribution in [0.4, 0.5) is 0 Å². The number of piperazine rings is 1. The van der Waals surface area contributed by atoms with Crippen LogP contribution >= 0.6 is 12.4 Å². The van der Waals surface area contributed by atoms with E-state index in [-0.39, 0.29) is 12.4 Å². The van der Waals surface area contributed by atoms with Crippen LogP contribution in [0.15, 0.2) is 18.3 Å². The Kier molecular flexibility index (Phi) is 5.82. The largest absolute Gasteiger partial charge is 0.314 e. The minimum atomic E-state index is 0. The van der Waals surface area contributed by atoms with Crippen molar-refractivity contribution in [3.8, 4) is 0 Å². The summed E-state index contributed by atoms with van der Waals surface area (Å²) in [4.78, 5) is 2.51. The van der Waals surface area contributed by atoms with E-state index in [0.29, 0.717) is 12.0 Å². The number of aromatic nitrogens is 2. The molecule has 0 saturated carbocycles. The summed E-state index contributed by atoms with van der Waals surface area (Å²) in [5, 5.41) is 11.5. The molecular weight excluding hydrogens is 236 g/mol. The van der Waals surface area contributed by atoms with Crippen LogP contribution in [0.25, 0.3) is 0 Å². The Labute approximate surface area is 109 Å². The SMILES string of the molecule is CC(C)C1CNCCN1Cc1cccnn1.Cl. The molecule has 4 nitrogen and oxygen atoms in total. The third kappa shape index (κ3) is 3.91. The number of nitrogens with zero attached hydrogens (tertiary/aromatic N) is 3. The van der Waals surface area contributed by atoms with Crippen LogP contribution in [0.2, 0.25) is 0 Å². The lowest BCUT2D eigenvalue weighted by Crippen LogP contribution is -2.53. The van der Waals surface area contributed by atoms with Crippen LogP contribution in [-0.4, -0.2) is 40.8 Å². The second-order valence-electron chi connectivity index (χ2n) is 4.70. The van der Waals surface area contributed by atoms with Gasteiger partial charge in [-0.15, -0.1) is 12.4 Å². The molecule has 0 bridgehead atoms. The van der Waals surface area contributed by atoms with Gasteiger partial charge in [-0.2, -0.15) is 10.2 Å². The monoisotopic (exact) mass is 256 g/mol. The zero-order valence-corrected chi connectivity index (χ0v) is 11.3. The second kappa shape index (κ2) is 6.89. The molecule has 1 saturated heterocycles. The van der Waals surface area contributed by atoms with E-state index >= 15 is 0 Å². The van der Waals surface area contributed by atoms with Crippen LogP contribution in [0, 0.1) is 5.92 Å². The lowest BCUT2D eigenvalue weighted by Gasteiger charge is -2.38. The standard InChI is InChI=1S/C12H20N4.ClH/c1-10(2)12-8-13-6-7-16(12)9-11-4-3-5-14-15-11;/h3-5,10,12-13H,6-9H2,1-2H3;1H. The fourth-order valence-corrected chi connectivity index (χ4v) is 2.25. The number of nitrogens with one attached hydrogen (secondary N) is 1. The van der Waals surface area contributed by atoms with Crippen LogP contribution in [0.1, 0.15) is 19.5 Å². The predicted octanol–water partition coefficient (Wildman–Crippen LogP) is 1.33. The van der Waals surface area contributed by atoms with Crippen molar-refractivity contribution in [1.29, 1.82) is 0 Å². The fraction of sp³-hybridized carbons (Fsp3) is 0.667. The van der Waals surface area contributed by atoms with E-state index in [1.807, 2.05) is 12.1 Å². The van der Waals surface area contributed by atoms with Crippen molar-refractivity contribution in [2.24, 2.45) is 5.92 Å². The Bertz CT molecular complexity index is 318. The lowest BCUT2D eigenvalue weighted by molar-refractivity contribution is 0.115. The van der Waals surface area contributed by atoms with Crippen LogP contribution < -0.4 is 5.32 Å². The maximum absolute atomic E-state index is 4.15. The van der Waals surface area contributed by atoms with Gasteiger partial charge in [0.2, 0.25) is 0 Å². The molecule has 17 heavy (non-hydrogen) atoms. The Morgan fingerprint density at radius 3 is 3.00 bits per heavy atom. The molecule has 0 spiro atoms. The maximum Gasteiger partial charge on any atom is 0.0771 e. The van der Waals surface area contributed by atoms with Gasteiger partial charge in [-0.1, -0.05) is 13.8 Å². The highest BCUT2D eigenvalue weighted by atomic mass is 35.5. The molecular formula is C12H21ClN4. The molecule has 0 radical (unpaired) electrons. The normalized spacial score (nSPS) is 21.2. The van der Waals surface area contributed by atoms with Crippen LogP contribution in [0.5, 0.6) is 0 Å². The molecule has 1 aromatic rings. The third-order valence-electron chi connectivity index (χ3n) is 3.16. The maximum atomic E-state index is 4.15. The van der Waals surface area contributed by atoms with Gasteiger partial charge >= 0.3 is 0 Å². The summed E-state index contributed by atoms with van der Waals surface area (Å²) in [5.41, 5.74) is 1.06. The van der Waals surface area contributed by atoms with Crippen molar-refractivity contribution < 1.29 is 0 Å². The van der Waals surface area contributed by atoms with E-state index in [1.165, 1.54) is 0 Å². The second-order valence-corrected chi connectivity index (χ2v) is 4.70. The average molecular weight is 257 g/mol. The Balaban J connectivity index is 0.00000144. The van der Waals surface area contributed by atoms with Crippen molar-refractivity contribution in [2.75, 3.05) is 19.6 Å². The Morgan fingerprint density at radius 2 is 2.35 bits per heavy atom. The number of rotatable bonds is 3. The molecule has 0 aliphatic carbocycles.